The lowest BCUT2D eigenvalue weighted by atomic mass is 10.1. The minimum Gasteiger partial charge on any atom is -0.436 e. The first kappa shape index (κ1) is 20.9. The zero-order valence-corrected chi connectivity index (χ0v) is 19.1. The summed E-state index contributed by atoms with van der Waals surface area (Å²) in [5, 5.41) is 6.39. The van der Waals surface area contributed by atoms with Crippen molar-refractivity contribution in [2.45, 2.75) is 6.54 Å². The van der Waals surface area contributed by atoms with Gasteiger partial charge in [-0.15, -0.1) is 0 Å². The van der Waals surface area contributed by atoms with E-state index in [1.807, 2.05) is 48.5 Å². The molecule has 4 aromatic rings. The third-order valence-corrected chi connectivity index (χ3v) is 6.14. The molecule has 0 saturated carbocycles. The molecular formula is C25H23BrN4O2. The predicted molar refractivity (Wildman–Crippen MR) is 130 cm³/mol. The van der Waals surface area contributed by atoms with Crippen molar-refractivity contribution in [3.05, 3.63) is 82.3 Å². The van der Waals surface area contributed by atoms with Gasteiger partial charge in [-0.2, -0.15) is 0 Å². The summed E-state index contributed by atoms with van der Waals surface area (Å²) in [5.41, 5.74) is 4.74. The Hall–Kier alpha value is -3.00. The number of carbonyl (C=O) groups is 1. The van der Waals surface area contributed by atoms with Gasteiger partial charge in [0, 0.05) is 48.3 Å². The first-order valence-corrected chi connectivity index (χ1v) is 11.4. The first-order chi connectivity index (χ1) is 15.7. The Morgan fingerprint density at radius 3 is 2.62 bits per heavy atom. The Balaban J connectivity index is 1.44. The summed E-state index contributed by atoms with van der Waals surface area (Å²) in [5.74, 6) is 0.319. The van der Waals surface area contributed by atoms with Crippen molar-refractivity contribution in [1.82, 2.24) is 15.2 Å². The second-order valence-electron chi connectivity index (χ2n) is 7.82. The number of fused-ring (bicyclic) bond motifs is 1. The molecular weight excluding hydrogens is 468 g/mol. The average Bonchev–Trinajstić information content (AvgIpc) is 3.26. The molecule has 7 heteroatoms. The van der Waals surface area contributed by atoms with E-state index in [0.717, 1.165) is 59.4 Å². The molecule has 2 N–H and O–H groups in total. The second kappa shape index (κ2) is 9.24. The van der Waals surface area contributed by atoms with Crippen molar-refractivity contribution >= 4 is 38.6 Å². The van der Waals surface area contributed by atoms with Gasteiger partial charge in [0.15, 0.2) is 5.58 Å². The van der Waals surface area contributed by atoms with Crippen LogP contribution in [0.5, 0.6) is 0 Å². The van der Waals surface area contributed by atoms with E-state index in [1.165, 1.54) is 0 Å². The molecule has 2 heterocycles. The molecule has 32 heavy (non-hydrogen) atoms. The number of nitrogens with zero attached hydrogens (tertiary/aromatic N) is 2. The molecule has 0 radical (unpaired) electrons. The molecule has 1 amide bonds. The zero-order valence-electron chi connectivity index (χ0n) is 17.5. The van der Waals surface area contributed by atoms with Crippen molar-refractivity contribution in [3.63, 3.8) is 0 Å². The van der Waals surface area contributed by atoms with Crippen LogP contribution < -0.4 is 10.6 Å². The molecule has 0 aliphatic carbocycles. The number of para-hydroxylation sites is 2. The summed E-state index contributed by atoms with van der Waals surface area (Å²) in [7, 11) is 0. The van der Waals surface area contributed by atoms with E-state index >= 15 is 0 Å². The SMILES string of the molecule is O=C(Nc1ccccc1-c1nc2cccc(CN3CCNCC3)c2o1)c1ccc(Br)cc1. The number of carbonyl (C=O) groups excluding carboxylic acids is 1. The van der Waals surface area contributed by atoms with Crippen molar-refractivity contribution in [2.75, 3.05) is 31.5 Å². The minimum absolute atomic E-state index is 0.180. The molecule has 0 bridgehead atoms. The Morgan fingerprint density at radius 2 is 1.81 bits per heavy atom. The van der Waals surface area contributed by atoms with Crippen LogP contribution in [0.1, 0.15) is 15.9 Å². The van der Waals surface area contributed by atoms with Crippen molar-refractivity contribution in [2.24, 2.45) is 0 Å². The molecule has 1 aliphatic heterocycles. The van der Waals surface area contributed by atoms with Crippen LogP contribution in [-0.4, -0.2) is 42.0 Å². The van der Waals surface area contributed by atoms with Crippen molar-refractivity contribution in [3.8, 4) is 11.5 Å². The fourth-order valence-electron chi connectivity index (χ4n) is 3.93. The predicted octanol–water partition coefficient (Wildman–Crippen LogP) is 4.91. The van der Waals surface area contributed by atoms with Gasteiger partial charge in [0.25, 0.3) is 5.91 Å². The Morgan fingerprint density at radius 1 is 1.03 bits per heavy atom. The fraction of sp³-hybridized carbons (Fsp3) is 0.200. The van der Waals surface area contributed by atoms with Crippen LogP contribution in [0.25, 0.3) is 22.6 Å². The number of benzene rings is 3. The molecule has 3 aromatic carbocycles. The van der Waals surface area contributed by atoms with Gasteiger partial charge >= 0.3 is 0 Å². The van der Waals surface area contributed by atoms with E-state index < -0.39 is 0 Å². The van der Waals surface area contributed by atoms with Crippen LogP contribution >= 0.6 is 15.9 Å². The summed E-state index contributed by atoms with van der Waals surface area (Å²) in [4.78, 5) is 19.9. The minimum atomic E-state index is -0.180. The molecule has 1 fully saturated rings. The summed E-state index contributed by atoms with van der Waals surface area (Å²) in [6, 6.07) is 20.9. The molecule has 162 valence electrons. The van der Waals surface area contributed by atoms with E-state index in [-0.39, 0.29) is 5.91 Å². The fourth-order valence-corrected chi connectivity index (χ4v) is 4.19. The van der Waals surface area contributed by atoms with E-state index in [4.69, 9.17) is 9.40 Å². The summed E-state index contributed by atoms with van der Waals surface area (Å²) >= 11 is 3.40. The van der Waals surface area contributed by atoms with Crippen LogP contribution in [0.15, 0.2) is 75.6 Å². The number of aromatic nitrogens is 1. The maximum Gasteiger partial charge on any atom is 0.255 e. The lowest BCUT2D eigenvalue weighted by Crippen LogP contribution is -2.42. The highest BCUT2D eigenvalue weighted by atomic mass is 79.9. The van der Waals surface area contributed by atoms with E-state index in [2.05, 4.69) is 37.5 Å². The standard InChI is InChI=1S/C25H23BrN4O2/c26-19-10-8-17(9-11-19)24(31)28-21-6-2-1-5-20(21)25-29-22-7-3-4-18(23(22)32-25)16-30-14-12-27-13-15-30/h1-11,27H,12-16H2,(H,28,31). The number of nitrogens with one attached hydrogen (secondary N) is 2. The van der Waals surface area contributed by atoms with Gasteiger partial charge < -0.3 is 15.1 Å². The van der Waals surface area contributed by atoms with Crippen molar-refractivity contribution < 1.29 is 9.21 Å². The monoisotopic (exact) mass is 490 g/mol. The van der Waals surface area contributed by atoms with Crippen LogP contribution in [0, 0.1) is 0 Å². The maximum absolute atomic E-state index is 12.8. The summed E-state index contributed by atoms with van der Waals surface area (Å²) in [6.45, 7) is 4.87. The molecule has 1 saturated heterocycles. The lowest BCUT2D eigenvalue weighted by molar-refractivity contribution is 0.102. The highest BCUT2D eigenvalue weighted by Crippen LogP contribution is 2.32. The third-order valence-electron chi connectivity index (χ3n) is 5.61. The maximum atomic E-state index is 12.8. The van der Waals surface area contributed by atoms with Gasteiger partial charge in [0.05, 0.1) is 11.3 Å². The lowest BCUT2D eigenvalue weighted by Gasteiger charge is -2.27. The second-order valence-corrected chi connectivity index (χ2v) is 8.73. The van der Waals surface area contributed by atoms with Gasteiger partial charge in [-0.05, 0) is 42.5 Å². The average molecular weight is 491 g/mol. The molecule has 6 nitrogen and oxygen atoms in total. The number of rotatable bonds is 5. The smallest absolute Gasteiger partial charge is 0.255 e. The molecule has 1 aliphatic rings. The summed E-state index contributed by atoms with van der Waals surface area (Å²) in [6.07, 6.45) is 0. The molecule has 0 unspecified atom stereocenters. The van der Waals surface area contributed by atoms with Crippen LogP contribution in [0.4, 0.5) is 5.69 Å². The van der Waals surface area contributed by atoms with Gasteiger partial charge in [-0.3, -0.25) is 9.69 Å². The highest BCUT2D eigenvalue weighted by Gasteiger charge is 2.18. The molecule has 5 rings (SSSR count). The number of amides is 1. The number of halogens is 1. The molecule has 0 atom stereocenters. The summed E-state index contributed by atoms with van der Waals surface area (Å²) < 4.78 is 7.19. The number of hydrogen-bond donors (Lipinski definition) is 2. The van der Waals surface area contributed by atoms with Crippen LogP contribution in [0.2, 0.25) is 0 Å². The van der Waals surface area contributed by atoms with Crippen LogP contribution in [0.3, 0.4) is 0 Å². The Bertz CT molecular complexity index is 1250. The van der Waals surface area contributed by atoms with E-state index in [9.17, 15) is 4.79 Å². The number of piperazine rings is 1. The quantitative estimate of drug-likeness (QED) is 0.415. The number of anilines is 1. The zero-order chi connectivity index (χ0) is 21.9. The van der Waals surface area contributed by atoms with Gasteiger partial charge in [0.1, 0.15) is 5.52 Å². The van der Waals surface area contributed by atoms with Gasteiger partial charge in [-0.25, -0.2) is 4.98 Å². The number of oxazole rings is 1. The largest absolute Gasteiger partial charge is 0.436 e. The number of hydrogen-bond acceptors (Lipinski definition) is 5. The Labute approximate surface area is 194 Å². The first-order valence-electron chi connectivity index (χ1n) is 10.7. The van der Waals surface area contributed by atoms with Gasteiger partial charge in [-0.1, -0.05) is 40.2 Å². The van der Waals surface area contributed by atoms with E-state index in [0.29, 0.717) is 17.1 Å². The molecule has 0 spiro atoms. The highest BCUT2D eigenvalue weighted by molar-refractivity contribution is 9.10. The van der Waals surface area contributed by atoms with Crippen LogP contribution in [-0.2, 0) is 6.54 Å². The third kappa shape index (κ3) is 4.46. The normalized spacial score (nSPS) is 14.5. The topological polar surface area (TPSA) is 70.4 Å². The van der Waals surface area contributed by atoms with E-state index in [1.54, 1.807) is 12.1 Å². The van der Waals surface area contributed by atoms with Crippen molar-refractivity contribution in [1.29, 1.82) is 0 Å². The van der Waals surface area contributed by atoms with Gasteiger partial charge in [0.2, 0.25) is 5.89 Å². The molecule has 1 aromatic heterocycles. The Kier molecular flexibility index (Phi) is 6.03.